The van der Waals surface area contributed by atoms with Gasteiger partial charge in [0, 0.05) is 85.8 Å². The third-order valence-corrected chi connectivity index (χ3v) is 13.5. The molecule has 21 nitrogen and oxygen atoms in total. The van der Waals surface area contributed by atoms with Crippen molar-refractivity contribution < 1.29 is 67.2 Å². The first-order valence-corrected chi connectivity index (χ1v) is 24.6. The van der Waals surface area contributed by atoms with E-state index in [1.54, 1.807) is 49.4 Å². The molecule has 2 aromatic heterocycles. The minimum absolute atomic E-state index is 0.00631. The number of aliphatic hydroxyl groups is 1. The first-order chi connectivity index (χ1) is 35.6. The van der Waals surface area contributed by atoms with Crippen molar-refractivity contribution in [1.29, 1.82) is 0 Å². The summed E-state index contributed by atoms with van der Waals surface area (Å²) in [5.41, 5.74) is 1.23. The largest absolute Gasteiger partial charge is 0.458 e. The molecule has 4 aromatic rings. The Morgan fingerprint density at radius 3 is 2.30 bits per heavy atom. The Hall–Kier alpha value is -7.91. The van der Waals surface area contributed by atoms with Crippen molar-refractivity contribution in [2.75, 3.05) is 39.6 Å². The first kappa shape index (κ1) is 52.4. The Kier molecular flexibility index (Phi) is 16.5. The lowest BCUT2D eigenvalue weighted by Gasteiger charge is -2.31. The van der Waals surface area contributed by atoms with Crippen molar-refractivity contribution in [3.63, 3.8) is 0 Å². The highest BCUT2D eigenvalue weighted by Crippen LogP contribution is 2.43. The summed E-state index contributed by atoms with van der Waals surface area (Å²) in [5.74, 6) is -3.95. The van der Waals surface area contributed by atoms with Crippen molar-refractivity contribution in [3.8, 4) is 22.9 Å². The lowest BCUT2D eigenvalue weighted by molar-refractivity contribution is -0.172. The fourth-order valence-corrected chi connectivity index (χ4v) is 9.35. The number of esters is 1. The molecule has 0 saturated carbocycles. The van der Waals surface area contributed by atoms with Crippen molar-refractivity contribution in [1.82, 2.24) is 30.4 Å². The smallest absolute Gasteiger partial charge is 0.343 e. The summed E-state index contributed by atoms with van der Waals surface area (Å²) in [5, 5.41) is 19.9. The molecule has 8 rings (SSSR count). The van der Waals surface area contributed by atoms with Crippen LogP contribution in [0.15, 0.2) is 65.5 Å². The van der Waals surface area contributed by atoms with Gasteiger partial charge in [-0.2, -0.15) is 0 Å². The van der Waals surface area contributed by atoms with Gasteiger partial charge in [-0.3, -0.25) is 48.1 Å². The number of carbonyl (C=O) groups excluding carboxylic acids is 9. The van der Waals surface area contributed by atoms with E-state index >= 15 is 0 Å². The molecule has 4 aliphatic rings. The summed E-state index contributed by atoms with van der Waals surface area (Å²) in [4.78, 5) is 133. The molecule has 0 radical (unpaired) electrons. The third-order valence-electron chi connectivity index (χ3n) is 13.5. The van der Waals surface area contributed by atoms with Gasteiger partial charge in [0.15, 0.2) is 28.7 Å². The van der Waals surface area contributed by atoms with Crippen LogP contribution < -0.4 is 31.0 Å². The summed E-state index contributed by atoms with van der Waals surface area (Å²) in [6.45, 7) is 0.415. The first-order valence-electron chi connectivity index (χ1n) is 24.6. The molecule has 0 spiro atoms. The number of hydrogen-bond acceptors (Lipinski definition) is 16. The molecule has 388 valence electrons. The molecule has 6 heterocycles. The van der Waals surface area contributed by atoms with Crippen LogP contribution in [0.3, 0.4) is 0 Å². The highest BCUT2D eigenvalue weighted by Gasteiger charge is 2.45. The van der Waals surface area contributed by atoms with Crippen LogP contribution in [0.5, 0.6) is 11.5 Å². The van der Waals surface area contributed by atoms with Crippen molar-refractivity contribution in [3.05, 3.63) is 98.9 Å². The number of carbonyl (C=O) groups is 9. The molecule has 0 bridgehead atoms. The van der Waals surface area contributed by atoms with E-state index in [1.807, 2.05) is 6.07 Å². The lowest BCUT2D eigenvalue weighted by Crippen LogP contribution is -2.44. The van der Waals surface area contributed by atoms with Crippen LogP contribution in [0.1, 0.15) is 92.5 Å². The van der Waals surface area contributed by atoms with E-state index in [4.69, 9.17) is 23.9 Å². The molecule has 5 amide bonds. The van der Waals surface area contributed by atoms with Crippen LogP contribution >= 0.6 is 0 Å². The summed E-state index contributed by atoms with van der Waals surface area (Å²) < 4.78 is 23.5. The Balaban J connectivity index is 0.787. The number of imide groups is 1. The minimum atomic E-state index is -2.01. The number of pyridine rings is 2. The van der Waals surface area contributed by atoms with Gasteiger partial charge in [0.2, 0.25) is 24.5 Å². The average molecular weight is 1020 g/mol. The molecule has 21 heteroatoms. The number of cyclic esters (lactones) is 1. The molecule has 4 N–H and O–H groups in total. The Bertz CT molecular complexity index is 3000. The number of hydrogen-bond donors (Lipinski definition) is 4. The number of nitrogens with one attached hydrogen (secondary N) is 3. The second-order valence-electron chi connectivity index (χ2n) is 18.5. The maximum atomic E-state index is 13.9. The van der Waals surface area contributed by atoms with Crippen molar-refractivity contribution in [2.45, 2.75) is 96.4 Å². The highest BCUT2D eigenvalue weighted by atomic mass is 16.7. The number of rotatable bonds is 26. The Morgan fingerprint density at radius 1 is 0.797 bits per heavy atom. The van der Waals surface area contributed by atoms with E-state index in [2.05, 4.69) is 16.0 Å². The zero-order valence-electron chi connectivity index (χ0n) is 40.8. The van der Waals surface area contributed by atoms with E-state index in [0.717, 1.165) is 10.5 Å². The van der Waals surface area contributed by atoms with Crippen molar-refractivity contribution in [2.24, 2.45) is 5.92 Å². The fraction of sp³-hybridized carbons (Fsp3) is 0.415. The van der Waals surface area contributed by atoms with E-state index in [0.29, 0.717) is 64.2 Å². The van der Waals surface area contributed by atoms with Gasteiger partial charge in [0.1, 0.15) is 19.0 Å². The van der Waals surface area contributed by atoms with Gasteiger partial charge in [-0.1, -0.05) is 43.7 Å². The Morgan fingerprint density at radius 2 is 1.54 bits per heavy atom. The maximum Gasteiger partial charge on any atom is 0.343 e. The van der Waals surface area contributed by atoms with Crippen LogP contribution in [0.2, 0.25) is 0 Å². The summed E-state index contributed by atoms with van der Waals surface area (Å²) >= 11 is 0. The predicted octanol–water partition coefficient (Wildman–Crippen LogP) is 2.29. The highest BCUT2D eigenvalue weighted by molar-refractivity contribution is 6.12. The number of Topliss-reactive ketones (excluding diaryl/α,β-unsaturated/α-hetero) is 3. The van der Waals surface area contributed by atoms with Crippen LogP contribution in [0.25, 0.3) is 22.3 Å². The number of ether oxygens (including phenoxy) is 4. The van der Waals surface area contributed by atoms with Gasteiger partial charge < -0.3 is 44.6 Å². The van der Waals surface area contributed by atoms with E-state index in [9.17, 15) is 53.1 Å². The molecule has 0 fully saturated rings. The van der Waals surface area contributed by atoms with Crippen LogP contribution in [0, 0.1) is 5.92 Å². The van der Waals surface area contributed by atoms with Crippen LogP contribution in [-0.4, -0.2) is 112 Å². The SMILES string of the molecule is CC[C@@]1(O)C(=O)OCc2c1cc1n(c2=O)Cc2c-1nc1cc3c(cc1c2CNC(=O)COCCC(=O)CNC(=O)[C@@H](CC(=O)CNC(=O)CCC(=O)CCCCCN1C(=O)C=CC1=O)Cc1ccccc1)OCO3. The molecule has 0 saturated heterocycles. The zero-order chi connectivity index (χ0) is 52.5. The predicted molar refractivity (Wildman–Crippen MR) is 261 cm³/mol. The number of aromatic nitrogens is 2. The Labute approximate surface area is 423 Å². The van der Waals surface area contributed by atoms with Crippen LogP contribution in [-0.2, 0) is 84.3 Å². The summed E-state index contributed by atoms with van der Waals surface area (Å²) in [6, 6.07) is 14.1. The number of benzene rings is 2. The average Bonchev–Trinajstić information content (AvgIpc) is 4.11. The number of amides is 5. The standard InChI is InChI=1S/C53H56N6O15/c1-2-53(70)40-22-42-49-38(27-59(42)51(68)39(40)28-72-52(53)69)37(36-21-43-44(74-30-73-43)23-41(36)57-49)26-55-46(64)29-71-18-16-34(61)24-56-50(67)32(19-31-9-5-3-6-10-31)20-35(62)25-54-45(63)13-12-33(60)11-7-4-8-17-58-47(65)14-15-48(58)66/h3,5-6,9-10,14-15,21-23,32,70H,2,4,7-8,11-13,16-20,24-30H2,1H3,(H,54,63)(H,55,64)(H,56,67)/t32-,53+/m1/s1. The number of unbranched alkanes of at least 4 members (excludes halogenated alkanes) is 2. The van der Waals surface area contributed by atoms with Gasteiger partial charge in [-0.15, -0.1) is 0 Å². The molecule has 4 aliphatic heterocycles. The van der Waals surface area contributed by atoms with E-state index in [1.165, 1.54) is 16.7 Å². The molecular formula is C53H56N6O15. The van der Waals surface area contributed by atoms with Gasteiger partial charge in [0.25, 0.3) is 17.4 Å². The molecule has 0 aliphatic carbocycles. The molecular weight excluding hydrogens is 961 g/mol. The maximum absolute atomic E-state index is 13.9. The molecule has 0 unspecified atom stereocenters. The molecule has 2 aromatic carbocycles. The van der Waals surface area contributed by atoms with Crippen molar-refractivity contribution >= 4 is 63.8 Å². The number of ketones is 3. The molecule has 74 heavy (non-hydrogen) atoms. The van der Waals surface area contributed by atoms with E-state index < -0.39 is 53.2 Å². The normalized spacial score (nSPS) is 16.4. The number of nitrogens with zero attached hydrogens (tertiary/aromatic N) is 3. The second-order valence-corrected chi connectivity index (χ2v) is 18.5. The third kappa shape index (κ3) is 12.0. The molecule has 2 atom stereocenters. The minimum Gasteiger partial charge on any atom is -0.458 e. The monoisotopic (exact) mass is 1020 g/mol. The fourth-order valence-electron chi connectivity index (χ4n) is 9.35. The van der Waals surface area contributed by atoms with Gasteiger partial charge in [-0.25, -0.2) is 9.78 Å². The van der Waals surface area contributed by atoms with Gasteiger partial charge >= 0.3 is 5.97 Å². The quantitative estimate of drug-likeness (QED) is 0.0351. The van der Waals surface area contributed by atoms with Crippen LogP contribution in [0.4, 0.5) is 0 Å². The second kappa shape index (κ2) is 23.3. The number of fused-ring (bicyclic) bond motifs is 6. The summed E-state index contributed by atoms with van der Waals surface area (Å²) in [7, 11) is 0. The van der Waals surface area contributed by atoms with Gasteiger partial charge in [0.05, 0.1) is 48.7 Å². The topological polar surface area (TPSA) is 285 Å². The van der Waals surface area contributed by atoms with Gasteiger partial charge in [-0.05, 0) is 48.9 Å². The van der Waals surface area contributed by atoms with E-state index in [-0.39, 0.29) is 132 Å². The summed E-state index contributed by atoms with van der Waals surface area (Å²) in [6.07, 6.45) is 4.07. The zero-order valence-corrected chi connectivity index (χ0v) is 40.8. The lowest BCUT2D eigenvalue weighted by atomic mass is 9.86.